The maximum Gasteiger partial charge on any atom is 0.216 e. The molecule has 114 valence electrons. The van der Waals surface area contributed by atoms with Gasteiger partial charge in [-0.3, -0.25) is 0 Å². The average Bonchev–Trinajstić information content (AvgIpc) is 2.36. The van der Waals surface area contributed by atoms with Gasteiger partial charge in [-0.2, -0.15) is 0 Å². The Labute approximate surface area is 121 Å². The minimum absolute atomic E-state index is 0.0530. The Morgan fingerprint density at radius 3 is 2.35 bits per heavy atom. The number of nitrogens with one attached hydrogen (secondary N) is 1. The van der Waals surface area contributed by atoms with Crippen LogP contribution >= 0.6 is 0 Å². The summed E-state index contributed by atoms with van der Waals surface area (Å²) in [6, 6.07) is 6.63. The number of sulfonamides is 1. The van der Waals surface area contributed by atoms with Gasteiger partial charge in [-0.1, -0.05) is 26.0 Å². The molecule has 0 saturated heterocycles. The summed E-state index contributed by atoms with van der Waals surface area (Å²) in [6.45, 7) is 6.78. The molecule has 0 spiro atoms. The summed E-state index contributed by atoms with van der Waals surface area (Å²) in [7, 11) is -3.39. The second-order valence-electron chi connectivity index (χ2n) is 5.13. The Morgan fingerprint density at radius 2 is 1.85 bits per heavy atom. The first-order valence-electron chi connectivity index (χ1n) is 6.76. The lowest BCUT2D eigenvalue weighted by Gasteiger charge is -2.22. The van der Waals surface area contributed by atoms with E-state index in [0.717, 1.165) is 0 Å². The van der Waals surface area contributed by atoms with Gasteiger partial charge in [0, 0.05) is 18.3 Å². The van der Waals surface area contributed by atoms with E-state index in [0.29, 0.717) is 24.5 Å². The lowest BCUT2D eigenvalue weighted by atomic mass is 10.1. The van der Waals surface area contributed by atoms with Crippen LogP contribution in [0.2, 0.25) is 0 Å². The molecule has 0 aliphatic heterocycles. The normalized spacial score (nSPS) is 13.6. The van der Waals surface area contributed by atoms with Crippen LogP contribution in [0, 0.1) is 5.92 Å². The number of rotatable bonds is 8. The fraction of sp³-hybridized carbons (Fsp3) is 0.571. The second kappa shape index (κ2) is 7.61. The monoisotopic (exact) mass is 300 g/mol. The molecule has 1 rings (SSSR count). The van der Waals surface area contributed by atoms with Crippen molar-refractivity contribution in [2.75, 3.05) is 18.9 Å². The summed E-state index contributed by atoms with van der Waals surface area (Å²) in [6.07, 6.45) is 0. The van der Waals surface area contributed by atoms with E-state index in [2.05, 4.69) is 4.72 Å². The number of nitrogens with two attached hydrogens (primary N) is 1. The molecule has 3 N–H and O–H groups in total. The van der Waals surface area contributed by atoms with Gasteiger partial charge in [-0.05, 0) is 30.5 Å². The molecule has 0 bridgehead atoms. The van der Waals surface area contributed by atoms with Crippen LogP contribution in [-0.4, -0.2) is 27.7 Å². The Hall–Kier alpha value is -1.11. The van der Waals surface area contributed by atoms with Gasteiger partial charge < -0.3 is 10.5 Å². The van der Waals surface area contributed by atoms with Gasteiger partial charge in [-0.15, -0.1) is 0 Å². The van der Waals surface area contributed by atoms with Crippen LogP contribution < -0.4 is 10.5 Å². The first kappa shape index (κ1) is 16.9. The van der Waals surface area contributed by atoms with Crippen LogP contribution in [0.3, 0.4) is 0 Å². The standard InChI is InChI=1S/C14H24N2O3S/c1-4-19-9-14(11(2)3)16-20(17,18)10-12-5-7-13(15)8-6-12/h5-8,11,14,16H,4,9-10,15H2,1-3H3. The van der Waals surface area contributed by atoms with Gasteiger partial charge in [0.25, 0.3) is 0 Å². The highest BCUT2D eigenvalue weighted by Crippen LogP contribution is 2.11. The van der Waals surface area contributed by atoms with E-state index in [9.17, 15) is 8.42 Å². The predicted molar refractivity (Wildman–Crippen MR) is 81.7 cm³/mol. The van der Waals surface area contributed by atoms with Crippen molar-refractivity contribution < 1.29 is 13.2 Å². The Balaban J connectivity index is 2.69. The maximum absolute atomic E-state index is 12.2. The fourth-order valence-corrected chi connectivity index (χ4v) is 3.23. The zero-order valence-corrected chi connectivity index (χ0v) is 13.1. The molecule has 0 radical (unpaired) electrons. The molecule has 5 nitrogen and oxygen atoms in total. The molecule has 0 fully saturated rings. The number of benzene rings is 1. The molecular weight excluding hydrogens is 276 g/mol. The van der Waals surface area contributed by atoms with E-state index in [1.165, 1.54) is 0 Å². The second-order valence-corrected chi connectivity index (χ2v) is 6.88. The van der Waals surface area contributed by atoms with Crippen LogP contribution in [0.4, 0.5) is 5.69 Å². The molecular formula is C14H24N2O3S. The minimum atomic E-state index is -3.39. The van der Waals surface area contributed by atoms with Crippen molar-refractivity contribution in [3.8, 4) is 0 Å². The van der Waals surface area contributed by atoms with Crippen LogP contribution in [0.25, 0.3) is 0 Å². The fourth-order valence-electron chi connectivity index (χ4n) is 1.71. The molecule has 0 amide bonds. The van der Waals surface area contributed by atoms with E-state index in [4.69, 9.17) is 10.5 Å². The highest BCUT2D eigenvalue weighted by molar-refractivity contribution is 7.88. The largest absolute Gasteiger partial charge is 0.399 e. The molecule has 6 heteroatoms. The third kappa shape index (κ3) is 5.90. The molecule has 1 aromatic rings. The molecule has 20 heavy (non-hydrogen) atoms. The lowest BCUT2D eigenvalue weighted by molar-refractivity contribution is 0.116. The van der Waals surface area contributed by atoms with Crippen LogP contribution in [0.5, 0.6) is 0 Å². The Morgan fingerprint density at radius 1 is 1.25 bits per heavy atom. The number of hydrogen-bond acceptors (Lipinski definition) is 4. The van der Waals surface area contributed by atoms with Gasteiger partial charge in [-0.25, -0.2) is 13.1 Å². The molecule has 1 unspecified atom stereocenters. The van der Waals surface area contributed by atoms with Crippen molar-refractivity contribution in [2.45, 2.75) is 32.6 Å². The third-order valence-corrected chi connectivity index (χ3v) is 4.35. The third-order valence-electron chi connectivity index (χ3n) is 2.97. The zero-order chi connectivity index (χ0) is 15.2. The van der Waals surface area contributed by atoms with Gasteiger partial charge in [0.05, 0.1) is 12.4 Å². The van der Waals surface area contributed by atoms with Crippen molar-refractivity contribution >= 4 is 15.7 Å². The minimum Gasteiger partial charge on any atom is -0.399 e. The first-order chi connectivity index (χ1) is 9.34. The molecule has 0 saturated carbocycles. The summed E-state index contributed by atoms with van der Waals surface area (Å²) < 4.78 is 32.4. The van der Waals surface area contributed by atoms with E-state index in [-0.39, 0.29) is 17.7 Å². The van der Waals surface area contributed by atoms with E-state index < -0.39 is 10.0 Å². The zero-order valence-electron chi connectivity index (χ0n) is 12.3. The maximum atomic E-state index is 12.2. The van der Waals surface area contributed by atoms with Gasteiger partial charge >= 0.3 is 0 Å². The van der Waals surface area contributed by atoms with Crippen molar-refractivity contribution in [3.63, 3.8) is 0 Å². The smallest absolute Gasteiger partial charge is 0.216 e. The molecule has 0 aliphatic carbocycles. The summed E-state index contributed by atoms with van der Waals surface area (Å²) in [5.41, 5.74) is 6.92. The van der Waals surface area contributed by atoms with Crippen LogP contribution in [0.1, 0.15) is 26.3 Å². The number of nitrogen functional groups attached to an aromatic ring is 1. The van der Waals surface area contributed by atoms with Crippen LogP contribution in [-0.2, 0) is 20.5 Å². The quantitative estimate of drug-likeness (QED) is 0.717. The molecule has 0 heterocycles. The van der Waals surface area contributed by atoms with E-state index >= 15 is 0 Å². The lowest BCUT2D eigenvalue weighted by Crippen LogP contribution is -2.42. The van der Waals surface area contributed by atoms with Crippen molar-refractivity contribution in [3.05, 3.63) is 29.8 Å². The molecule has 1 aromatic carbocycles. The number of anilines is 1. The highest BCUT2D eigenvalue weighted by Gasteiger charge is 2.21. The summed E-state index contributed by atoms with van der Waals surface area (Å²) in [5.74, 6) is 0.116. The molecule has 0 aromatic heterocycles. The number of hydrogen-bond donors (Lipinski definition) is 2. The first-order valence-corrected chi connectivity index (χ1v) is 8.41. The number of ether oxygens (including phenoxy) is 1. The van der Waals surface area contributed by atoms with E-state index in [1.807, 2.05) is 20.8 Å². The van der Waals surface area contributed by atoms with Gasteiger partial charge in [0.2, 0.25) is 10.0 Å². The SMILES string of the molecule is CCOCC(NS(=O)(=O)Cc1ccc(N)cc1)C(C)C. The highest BCUT2D eigenvalue weighted by atomic mass is 32.2. The van der Waals surface area contributed by atoms with E-state index in [1.54, 1.807) is 24.3 Å². The van der Waals surface area contributed by atoms with Crippen LogP contribution in [0.15, 0.2) is 24.3 Å². The summed E-state index contributed by atoms with van der Waals surface area (Å²) in [4.78, 5) is 0. The summed E-state index contributed by atoms with van der Waals surface area (Å²) >= 11 is 0. The van der Waals surface area contributed by atoms with Crippen molar-refractivity contribution in [2.24, 2.45) is 5.92 Å². The Bertz CT molecular complexity index is 498. The van der Waals surface area contributed by atoms with Gasteiger partial charge in [0.15, 0.2) is 0 Å². The Kier molecular flexibility index (Phi) is 6.45. The van der Waals surface area contributed by atoms with Gasteiger partial charge in [0.1, 0.15) is 0 Å². The van der Waals surface area contributed by atoms with Crippen molar-refractivity contribution in [1.82, 2.24) is 4.72 Å². The average molecular weight is 300 g/mol. The predicted octanol–water partition coefficient (Wildman–Crippen LogP) is 1.75. The molecule has 1 atom stereocenters. The topological polar surface area (TPSA) is 81.4 Å². The molecule has 0 aliphatic rings. The summed E-state index contributed by atoms with van der Waals surface area (Å²) in [5, 5.41) is 0. The van der Waals surface area contributed by atoms with Crippen molar-refractivity contribution in [1.29, 1.82) is 0 Å².